The van der Waals surface area contributed by atoms with E-state index in [0.29, 0.717) is 31.1 Å². The Bertz CT molecular complexity index is 1090. The van der Waals surface area contributed by atoms with Gasteiger partial charge in [0, 0.05) is 31.7 Å². The number of hydrogen-bond donors (Lipinski definition) is 1. The topological polar surface area (TPSA) is 88.0 Å². The molecule has 0 atom stereocenters. The van der Waals surface area contributed by atoms with E-state index in [-0.39, 0.29) is 0 Å². The Morgan fingerprint density at radius 1 is 0.909 bits per heavy atom. The number of rotatable bonds is 6. The first-order valence-corrected chi connectivity index (χ1v) is 11.5. The molecule has 0 aliphatic carbocycles. The number of morpholine rings is 1. The lowest BCUT2D eigenvalue weighted by Gasteiger charge is -2.30. The first-order valence-electron chi connectivity index (χ1n) is 11.5. The number of aromatic nitrogens is 3. The van der Waals surface area contributed by atoms with Gasteiger partial charge in [0.15, 0.2) is 0 Å². The van der Waals surface area contributed by atoms with Gasteiger partial charge in [-0.25, -0.2) is 5.43 Å². The first kappa shape index (κ1) is 21.4. The van der Waals surface area contributed by atoms with E-state index in [4.69, 9.17) is 14.5 Å². The predicted octanol–water partition coefficient (Wildman–Crippen LogP) is 3.31. The predicted molar refractivity (Wildman–Crippen MR) is 131 cm³/mol. The molecule has 0 radical (unpaired) electrons. The average Bonchev–Trinajstić information content (AvgIpc) is 2.89. The van der Waals surface area contributed by atoms with E-state index < -0.39 is 0 Å². The van der Waals surface area contributed by atoms with Crippen molar-refractivity contribution in [2.45, 2.75) is 19.3 Å². The number of hydrogen-bond acceptors (Lipinski definition) is 9. The average molecular weight is 448 g/mol. The Morgan fingerprint density at radius 2 is 1.64 bits per heavy atom. The Kier molecular flexibility index (Phi) is 6.48. The van der Waals surface area contributed by atoms with Crippen molar-refractivity contribution in [1.82, 2.24) is 15.0 Å². The maximum Gasteiger partial charge on any atom is 0.250 e. The zero-order chi connectivity index (χ0) is 22.5. The normalized spacial score (nSPS) is 17.0. The number of hydrazone groups is 1. The van der Waals surface area contributed by atoms with Crippen molar-refractivity contribution >= 4 is 34.8 Å². The number of anilines is 3. The van der Waals surface area contributed by atoms with E-state index >= 15 is 0 Å². The van der Waals surface area contributed by atoms with Crippen LogP contribution in [0.15, 0.2) is 41.5 Å². The molecule has 2 fully saturated rings. The monoisotopic (exact) mass is 447 g/mol. The fraction of sp³-hybridized carbons (Fsp3) is 0.417. The highest BCUT2D eigenvalue weighted by atomic mass is 16.5. The third-order valence-corrected chi connectivity index (χ3v) is 6.05. The molecule has 2 saturated heterocycles. The number of nitrogens with one attached hydrogen (secondary N) is 1. The minimum Gasteiger partial charge on any atom is -0.496 e. The van der Waals surface area contributed by atoms with Crippen molar-refractivity contribution in [3.05, 3.63) is 42.0 Å². The molecule has 172 valence electrons. The van der Waals surface area contributed by atoms with Crippen LogP contribution >= 0.6 is 0 Å². The van der Waals surface area contributed by atoms with Crippen LogP contribution in [0.1, 0.15) is 24.8 Å². The third-order valence-electron chi connectivity index (χ3n) is 6.05. The van der Waals surface area contributed by atoms with E-state index in [1.807, 2.05) is 24.3 Å². The molecule has 1 N–H and O–H groups in total. The third kappa shape index (κ3) is 4.83. The quantitative estimate of drug-likeness (QED) is 0.455. The van der Waals surface area contributed by atoms with E-state index in [1.165, 1.54) is 6.42 Å². The van der Waals surface area contributed by atoms with E-state index in [2.05, 4.69) is 42.4 Å². The molecule has 2 aliphatic heterocycles. The van der Waals surface area contributed by atoms with Crippen molar-refractivity contribution in [2.24, 2.45) is 5.10 Å². The molecule has 9 nitrogen and oxygen atoms in total. The zero-order valence-corrected chi connectivity index (χ0v) is 18.9. The highest BCUT2D eigenvalue weighted by Gasteiger charge is 2.20. The van der Waals surface area contributed by atoms with Crippen molar-refractivity contribution in [2.75, 3.05) is 61.7 Å². The fourth-order valence-corrected chi connectivity index (χ4v) is 4.29. The molecular weight excluding hydrogens is 418 g/mol. The number of ether oxygens (including phenoxy) is 2. The van der Waals surface area contributed by atoms with Crippen LogP contribution in [0.5, 0.6) is 5.75 Å². The van der Waals surface area contributed by atoms with Gasteiger partial charge in [0.25, 0.3) is 0 Å². The summed E-state index contributed by atoms with van der Waals surface area (Å²) in [6.07, 6.45) is 5.32. The van der Waals surface area contributed by atoms with Crippen molar-refractivity contribution in [3.8, 4) is 5.75 Å². The fourth-order valence-electron chi connectivity index (χ4n) is 4.29. The molecule has 0 spiro atoms. The van der Waals surface area contributed by atoms with Crippen LogP contribution < -0.4 is 20.0 Å². The first-order chi connectivity index (χ1) is 16.3. The van der Waals surface area contributed by atoms with Gasteiger partial charge in [0.2, 0.25) is 17.8 Å². The summed E-state index contributed by atoms with van der Waals surface area (Å²) in [5, 5.41) is 6.67. The van der Waals surface area contributed by atoms with Crippen molar-refractivity contribution in [3.63, 3.8) is 0 Å². The molecule has 1 aromatic heterocycles. The van der Waals surface area contributed by atoms with Crippen LogP contribution in [0.2, 0.25) is 0 Å². The second kappa shape index (κ2) is 9.99. The maximum absolute atomic E-state index is 5.57. The van der Waals surface area contributed by atoms with Crippen LogP contribution in [0.4, 0.5) is 17.8 Å². The van der Waals surface area contributed by atoms with E-state index in [0.717, 1.165) is 61.1 Å². The molecule has 0 unspecified atom stereocenters. The summed E-state index contributed by atoms with van der Waals surface area (Å²) in [7, 11) is 1.67. The summed E-state index contributed by atoms with van der Waals surface area (Å²) in [5.41, 5.74) is 3.94. The minimum atomic E-state index is 0.433. The summed E-state index contributed by atoms with van der Waals surface area (Å²) in [5.74, 6) is 2.56. The Morgan fingerprint density at radius 3 is 2.39 bits per heavy atom. The Hall–Kier alpha value is -3.46. The second-order valence-corrected chi connectivity index (χ2v) is 8.18. The molecule has 5 rings (SSSR count). The highest BCUT2D eigenvalue weighted by molar-refractivity contribution is 6.02. The smallest absolute Gasteiger partial charge is 0.250 e. The lowest BCUT2D eigenvalue weighted by atomic mass is 10.0. The van der Waals surface area contributed by atoms with Crippen LogP contribution in [0.3, 0.4) is 0 Å². The lowest BCUT2D eigenvalue weighted by Crippen LogP contribution is -2.38. The van der Waals surface area contributed by atoms with Crippen LogP contribution in [-0.4, -0.2) is 67.7 Å². The standard InChI is InChI=1S/C24H29N7O2/c1-32-21-10-9-18-7-3-4-8-19(18)20(21)17-25-29-22-26-23(30-11-5-2-6-12-30)28-24(27-22)31-13-15-33-16-14-31/h3-4,7-10,17H,2,5-6,11-16H2,1H3,(H,26,27,28,29)/b25-17+. The number of methoxy groups -OCH3 is 1. The number of fused-ring (bicyclic) bond motifs is 1. The van der Waals surface area contributed by atoms with Gasteiger partial charge in [-0.1, -0.05) is 30.3 Å². The van der Waals surface area contributed by atoms with Crippen LogP contribution in [0.25, 0.3) is 10.8 Å². The summed E-state index contributed by atoms with van der Waals surface area (Å²) < 4.78 is 11.1. The summed E-state index contributed by atoms with van der Waals surface area (Å²) in [6, 6.07) is 12.2. The molecule has 9 heteroatoms. The Balaban J connectivity index is 1.44. The van der Waals surface area contributed by atoms with Crippen LogP contribution in [0, 0.1) is 0 Å². The number of nitrogens with zero attached hydrogens (tertiary/aromatic N) is 6. The van der Waals surface area contributed by atoms with Crippen molar-refractivity contribution in [1.29, 1.82) is 0 Å². The zero-order valence-electron chi connectivity index (χ0n) is 18.9. The lowest BCUT2D eigenvalue weighted by molar-refractivity contribution is 0.122. The van der Waals surface area contributed by atoms with Gasteiger partial charge in [-0.3, -0.25) is 0 Å². The summed E-state index contributed by atoms with van der Waals surface area (Å²) in [6.45, 7) is 4.79. The summed E-state index contributed by atoms with van der Waals surface area (Å²) in [4.78, 5) is 18.5. The molecule has 0 bridgehead atoms. The molecule has 0 amide bonds. The van der Waals surface area contributed by atoms with Crippen molar-refractivity contribution < 1.29 is 9.47 Å². The number of benzene rings is 2. The molecule has 0 saturated carbocycles. The molecule has 2 aromatic carbocycles. The van der Waals surface area contributed by atoms with Crippen LogP contribution in [-0.2, 0) is 4.74 Å². The molecule has 3 aromatic rings. The van der Waals surface area contributed by atoms with Gasteiger partial charge in [0.05, 0.1) is 26.5 Å². The largest absolute Gasteiger partial charge is 0.496 e. The highest BCUT2D eigenvalue weighted by Crippen LogP contribution is 2.26. The minimum absolute atomic E-state index is 0.433. The van der Waals surface area contributed by atoms with Gasteiger partial charge in [0.1, 0.15) is 5.75 Å². The SMILES string of the molecule is COc1ccc2ccccc2c1/C=N/Nc1nc(N2CCCCC2)nc(N2CCOCC2)n1. The number of piperidine rings is 1. The second-order valence-electron chi connectivity index (χ2n) is 8.18. The molecule has 2 aliphatic rings. The molecule has 3 heterocycles. The van der Waals surface area contributed by atoms with Gasteiger partial charge in [-0.15, -0.1) is 0 Å². The van der Waals surface area contributed by atoms with Gasteiger partial charge in [-0.2, -0.15) is 20.1 Å². The van der Waals surface area contributed by atoms with Gasteiger partial charge < -0.3 is 19.3 Å². The van der Waals surface area contributed by atoms with E-state index in [9.17, 15) is 0 Å². The molecular formula is C24H29N7O2. The van der Waals surface area contributed by atoms with Gasteiger partial charge >= 0.3 is 0 Å². The molecule has 33 heavy (non-hydrogen) atoms. The Labute approximate surface area is 193 Å². The van der Waals surface area contributed by atoms with E-state index in [1.54, 1.807) is 13.3 Å². The summed E-state index contributed by atoms with van der Waals surface area (Å²) >= 11 is 0. The maximum atomic E-state index is 5.57. The van der Waals surface area contributed by atoms with Gasteiger partial charge in [-0.05, 0) is 36.1 Å².